The molecule has 0 aliphatic carbocycles. The minimum atomic E-state index is -0.153. The third-order valence-electron chi connectivity index (χ3n) is 3.71. The fourth-order valence-electron chi connectivity index (χ4n) is 2.64. The van der Waals surface area contributed by atoms with Crippen LogP contribution < -0.4 is 5.32 Å². The molecule has 24 heavy (non-hydrogen) atoms. The number of aromatic nitrogens is 2. The van der Waals surface area contributed by atoms with Crippen LogP contribution in [-0.4, -0.2) is 15.9 Å². The third kappa shape index (κ3) is 3.84. The second-order valence-corrected chi connectivity index (χ2v) is 5.84. The Morgan fingerprint density at radius 2 is 1.79 bits per heavy atom. The van der Waals surface area contributed by atoms with E-state index in [4.69, 9.17) is 0 Å². The number of hydrogen-bond donors (Lipinski definition) is 1. The summed E-state index contributed by atoms with van der Waals surface area (Å²) in [6, 6.07) is 13.8. The fourth-order valence-corrected chi connectivity index (χ4v) is 2.64. The second kappa shape index (κ2) is 7.04. The van der Waals surface area contributed by atoms with Gasteiger partial charge in [-0.1, -0.05) is 35.4 Å². The van der Waals surface area contributed by atoms with Crippen molar-refractivity contribution in [2.24, 2.45) is 0 Å². The van der Waals surface area contributed by atoms with Crippen molar-refractivity contribution >= 4 is 5.91 Å². The zero-order valence-corrected chi connectivity index (χ0v) is 13.8. The highest BCUT2D eigenvalue weighted by Crippen LogP contribution is 2.22. The summed E-state index contributed by atoms with van der Waals surface area (Å²) in [5, 5.41) is 2.88. The molecule has 0 unspecified atom stereocenters. The minimum absolute atomic E-state index is 0.153. The van der Waals surface area contributed by atoms with Crippen molar-refractivity contribution in [1.82, 2.24) is 15.3 Å². The van der Waals surface area contributed by atoms with E-state index in [1.807, 2.05) is 24.3 Å². The first-order chi connectivity index (χ1) is 11.6. The Labute approximate surface area is 141 Å². The third-order valence-corrected chi connectivity index (χ3v) is 3.71. The summed E-state index contributed by atoms with van der Waals surface area (Å²) in [6.07, 6.45) is 5.08. The second-order valence-electron chi connectivity index (χ2n) is 5.84. The highest BCUT2D eigenvalue weighted by atomic mass is 16.1. The highest BCUT2D eigenvalue weighted by molar-refractivity contribution is 5.95. The lowest BCUT2D eigenvalue weighted by atomic mass is 10.0. The monoisotopic (exact) mass is 317 g/mol. The van der Waals surface area contributed by atoms with Gasteiger partial charge in [-0.25, -0.2) is 0 Å². The van der Waals surface area contributed by atoms with Crippen LogP contribution in [0, 0.1) is 13.8 Å². The van der Waals surface area contributed by atoms with Crippen LogP contribution in [0.1, 0.15) is 27.2 Å². The van der Waals surface area contributed by atoms with Gasteiger partial charge in [0.1, 0.15) is 0 Å². The summed E-state index contributed by atoms with van der Waals surface area (Å²) >= 11 is 0. The Morgan fingerprint density at radius 1 is 1.00 bits per heavy atom. The number of carbonyl (C=O) groups excluding carboxylic acids is 1. The lowest BCUT2D eigenvalue weighted by molar-refractivity contribution is 0.0950. The molecular weight excluding hydrogens is 298 g/mol. The van der Waals surface area contributed by atoms with Crippen molar-refractivity contribution in [2.75, 3.05) is 0 Å². The molecule has 0 radical (unpaired) electrons. The number of aryl methyl sites for hydroxylation is 2. The highest BCUT2D eigenvalue weighted by Gasteiger charge is 2.08. The summed E-state index contributed by atoms with van der Waals surface area (Å²) < 4.78 is 0. The van der Waals surface area contributed by atoms with E-state index in [9.17, 15) is 4.79 Å². The summed E-state index contributed by atoms with van der Waals surface area (Å²) in [4.78, 5) is 20.8. The maximum Gasteiger partial charge on any atom is 0.253 e. The van der Waals surface area contributed by atoms with Gasteiger partial charge in [0.15, 0.2) is 0 Å². The number of nitrogens with one attached hydrogen (secondary N) is 1. The maximum absolute atomic E-state index is 12.4. The molecule has 120 valence electrons. The van der Waals surface area contributed by atoms with E-state index in [1.165, 1.54) is 11.1 Å². The normalized spacial score (nSPS) is 10.4. The van der Waals surface area contributed by atoms with Crippen molar-refractivity contribution in [3.63, 3.8) is 0 Å². The van der Waals surface area contributed by atoms with Crippen LogP contribution in [0.25, 0.3) is 11.1 Å². The van der Waals surface area contributed by atoms with Crippen LogP contribution in [-0.2, 0) is 6.54 Å². The average molecular weight is 317 g/mol. The molecule has 1 aromatic carbocycles. The first-order valence-electron chi connectivity index (χ1n) is 7.83. The zero-order chi connectivity index (χ0) is 16.9. The van der Waals surface area contributed by atoms with Crippen molar-refractivity contribution in [1.29, 1.82) is 0 Å². The molecule has 1 amide bonds. The van der Waals surface area contributed by atoms with Gasteiger partial charge < -0.3 is 5.32 Å². The largest absolute Gasteiger partial charge is 0.346 e. The Kier molecular flexibility index (Phi) is 4.66. The van der Waals surface area contributed by atoms with E-state index >= 15 is 0 Å². The van der Waals surface area contributed by atoms with Crippen LogP contribution in [0.5, 0.6) is 0 Å². The molecule has 0 saturated carbocycles. The van der Waals surface area contributed by atoms with Crippen molar-refractivity contribution < 1.29 is 4.79 Å². The van der Waals surface area contributed by atoms with Gasteiger partial charge >= 0.3 is 0 Å². The lowest BCUT2D eigenvalue weighted by Gasteiger charge is -2.08. The SMILES string of the molecule is Cc1cc(C)cc(-c2cncc(C(=O)NCc3ccccn3)c2)c1. The molecule has 0 bridgehead atoms. The van der Waals surface area contributed by atoms with Crippen LogP contribution in [0.3, 0.4) is 0 Å². The number of rotatable bonds is 4. The predicted octanol–water partition coefficient (Wildman–Crippen LogP) is 3.69. The molecule has 2 aromatic heterocycles. The van der Waals surface area contributed by atoms with Gasteiger partial charge in [0.25, 0.3) is 5.91 Å². The van der Waals surface area contributed by atoms with Crippen LogP contribution >= 0.6 is 0 Å². The van der Waals surface area contributed by atoms with Crippen LogP contribution in [0.15, 0.2) is 61.1 Å². The molecule has 0 atom stereocenters. The van der Waals surface area contributed by atoms with Crippen LogP contribution in [0.4, 0.5) is 0 Å². The molecule has 2 heterocycles. The number of pyridine rings is 2. The quantitative estimate of drug-likeness (QED) is 0.798. The van der Waals surface area contributed by atoms with E-state index in [0.717, 1.165) is 16.8 Å². The summed E-state index contributed by atoms with van der Waals surface area (Å²) in [5.41, 5.74) is 5.75. The van der Waals surface area contributed by atoms with E-state index in [0.29, 0.717) is 12.1 Å². The van der Waals surface area contributed by atoms with Gasteiger partial charge in [0.05, 0.1) is 17.8 Å². The zero-order valence-electron chi connectivity index (χ0n) is 13.8. The Balaban J connectivity index is 1.78. The van der Waals surface area contributed by atoms with Gasteiger partial charge in [0.2, 0.25) is 0 Å². The topological polar surface area (TPSA) is 54.9 Å². The van der Waals surface area contributed by atoms with E-state index in [-0.39, 0.29) is 5.91 Å². The van der Waals surface area contributed by atoms with Crippen LogP contribution in [0.2, 0.25) is 0 Å². The Bertz CT molecular complexity index is 840. The van der Waals surface area contributed by atoms with Gasteiger partial charge in [0, 0.05) is 24.2 Å². The number of carbonyl (C=O) groups is 1. The maximum atomic E-state index is 12.4. The molecule has 3 rings (SSSR count). The molecule has 0 aliphatic heterocycles. The molecule has 0 saturated heterocycles. The molecule has 3 aromatic rings. The standard InChI is InChI=1S/C20H19N3O/c1-14-7-15(2)9-16(8-14)17-10-18(12-21-11-17)20(24)23-13-19-5-3-4-6-22-19/h3-12H,13H2,1-2H3,(H,23,24). The number of hydrogen-bond acceptors (Lipinski definition) is 3. The predicted molar refractivity (Wildman–Crippen MR) is 94.6 cm³/mol. The van der Waals surface area contributed by atoms with Crippen molar-refractivity contribution in [3.05, 3.63) is 83.4 Å². The summed E-state index contributed by atoms with van der Waals surface area (Å²) in [6.45, 7) is 4.52. The number of amides is 1. The van der Waals surface area contributed by atoms with Gasteiger partial charge in [-0.3, -0.25) is 14.8 Å². The van der Waals surface area contributed by atoms with E-state index < -0.39 is 0 Å². The van der Waals surface area contributed by atoms with Gasteiger partial charge in [-0.15, -0.1) is 0 Å². The van der Waals surface area contributed by atoms with Crippen molar-refractivity contribution in [3.8, 4) is 11.1 Å². The summed E-state index contributed by atoms with van der Waals surface area (Å²) in [5.74, 6) is -0.153. The smallest absolute Gasteiger partial charge is 0.253 e. The van der Waals surface area contributed by atoms with E-state index in [1.54, 1.807) is 18.6 Å². The average Bonchev–Trinajstić information content (AvgIpc) is 2.60. The van der Waals surface area contributed by atoms with E-state index in [2.05, 4.69) is 47.3 Å². The lowest BCUT2D eigenvalue weighted by Crippen LogP contribution is -2.23. The fraction of sp³-hybridized carbons (Fsp3) is 0.150. The minimum Gasteiger partial charge on any atom is -0.346 e. The molecule has 4 nitrogen and oxygen atoms in total. The van der Waals surface area contributed by atoms with Gasteiger partial charge in [-0.2, -0.15) is 0 Å². The molecule has 0 aliphatic rings. The molecule has 0 fully saturated rings. The molecule has 4 heteroatoms. The Hall–Kier alpha value is -3.01. The first kappa shape index (κ1) is 15.9. The van der Waals surface area contributed by atoms with Gasteiger partial charge in [-0.05, 0) is 37.6 Å². The molecule has 1 N–H and O–H groups in total. The first-order valence-corrected chi connectivity index (χ1v) is 7.83. The summed E-state index contributed by atoms with van der Waals surface area (Å²) in [7, 11) is 0. The number of benzene rings is 1. The molecular formula is C20H19N3O. The van der Waals surface area contributed by atoms with Crippen molar-refractivity contribution in [2.45, 2.75) is 20.4 Å². The molecule has 0 spiro atoms. The Morgan fingerprint density at radius 3 is 2.50 bits per heavy atom. The number of nitrogens with zero attached hydrogens (tertiary/aromatic N) is 2.